The first kappa shape index (κ1) is 10.4. The molecule has 1 N–H and O–H groups in total. The number of nitrogens with zero attached hydrogens (tertiary/aromatic N) is 1. The highest BCUT2D eigenvalue weighted by Crippen LogP contribution is 2.03. The fourth-order valence-corrected chi connectivity index (χ4v) is 1.02. The predicted molar refractivity (Wildman–Crippen MR) is 46.4 cm³/mol. The molecule has 0 aromatic carbocycles. The Kier molecular flexibility index (Phi) is 4.86. The largest absolute Gasteiger partial charge is 0.349 e. The van der Waals surface area contributed by atoms with Gasteiger partial charge in [-0.05, 0) is 13.5 Å². The maximum atomic E-state index is 11.3. The molecule has 3 nitrogen and oxygen atoms in total. The molecule has 0 fully saturated rings. The van der Waals surface area contributed by atoms with Crippen molar-refractivity contribution in [2.24, 2.45) is 5.92 Å². The van der Waals surface area contributed by atoms with Crippen LogP contribution in [0.1, 0.15) is 13.3 Å². The number of carbonyl (C=O) groups excluding carboxylic acids is 1. The first-order chi connectivity index (χ1) is 5.13. The van der Waals surface area contributed by atoms with Crippen LogP contribution in [0.3, 0.4) is 0 Å². The van der Waals surface area contributed by atoms with Crippen LogP contribution in [-0.4, -0.2) is 38.5 Å². The first-order valence-corrected chi connectivity index (χ1v) is 3.99. The van der Waals surface area contributed by atoms with Crippen LogP contribution < -0.4 is 5.32 Å². The van der Waals surface area contributed by atoms with Gasteiger partial charge in [-0.3, -0.25) is 4.79 Å². The van der Waals surface area contributed by atoms with Crippen LogP contribution in [-0.2, 0) is 4.79 Å². The Balaban J connectivity index is 3.92. The summed E-state index contributed by atoms with van der Waals surface area (Å²) in [6.45, 7) is 2.80. The van der Waals surface area contributed by atoms with Gasteiger partial charge in [0, 0.05) is 20.6 Å². The number of amides is 1. The van der Waals surface area contributed by atoms with Gasteiger partial charge in [0.25, 0.3) is 0 Å². The topological polar surface area (TPSA) is 32.3 Å². The lowest BCUT2D eigenvalue weighted by molar-refractivity contribution is -0.132. The smallest absolute Gasteiger partial charge is 0.226 e. The van der Waals surface area contributed by atoms with Gasteiger partial charge in [0.15, 0.2) is 0 Å². The van der Waals surface area contributed by atoms with Gasteiger partial charge in [0.05, 0.1) is 5.92 Å². The van der Waals surface area contributed by atoms with Crippen LogP contribution in [0.25, 0.3) is 0 Å². The molecule has 0 saturated carbocycles. The number of carbonyl (C=O) groups is 1. The van der Waals surface area contributed by atoms with Crippen molar-refractivity contribution in [1.82, 2.24) is 10.2 Å². The average Bonchev–Trinajstić information content (AvgIpc) is 1.98. The molecular formula is C8H18N2O. The van der Waals surface area contributed by atoms with E-state index >= 15 is 0 Å². The lowest BCUT2D eigenvalue weighted by Crippen LogP contribution is -2.34. The number of hydrogen-bond acceptors (Lipinski definition) is 2. The van der Waals surface area contributed by atoms with Gasteiger partial charge in [-0.2, -0.15) is 0 Å². The zero-order valence-electron chi connectivity index (χ0n) is 7.85. The minimum atomic E-state index is 0.134. The molecule has 3 heteroatoms. The molecular weight excluding hydrogens is 140 g/mol. The molecule has 0 radical (unpaired) electrons. The van der Waals surface area contributed by atoms with E-state index in [0.717, 1.165) is 13.0 Å². The summed E-state index contributed by atoms with van der Waals surface area (Å²) < 4.78 is 0. The Labute approximate surface area is 68.8 Å². The Bertz CT molecular complexity index is 123. The van der Waals surface area contributed by atoms with E-state index in [4.69, 9.17) is 0 Å². The lowest BCUT2D eigenvalue weighted by Gasteiger charge is -2.18. The molecule has 0 aliphatic rings. The van der Waals surface area contributed by atoms with Crippen molar-refractivity contribution in [3.8, 4) is 0 Å². The van der Waals surface area contributed by atoms with E-state index in [1.807, 2.05) is 14.0 Å². The normalized spacial score (nSPS) is 12.7. The van der Waals surface area contributed by atoms with Crippen LogP contribution in [0.2, 0.25) is 0 Å². The van der Waals surface area contributed by atoms with Crippen LogP contribution in [0.5, 0.6) is 0 Å². The molecule has 0 bridgehead atoms. The highest BCUT2D eigenvalue weighted by Gasteiger charge is 2.16. The molecule has 0 aliphatic heterocycles. The first-order valence-electron chi connectivity index (χ1n) is 3.99. The number of hydrogen-bond donors (Lipinski definition) is 1. The van der Waals surface area contributed by atoms with E-state index in [1.54, 1.807) is 19.0 Å². The van der Waals surface area contributed by atoms with Crippen molar-refractivity contribution in [1.29, 1.82) is 0 Å². The highest BCUT2D eigenvalue weighted by molar-refractivity contribution is 5.78. The minimum Gasteiger partial charge on any atom is -0.349 e. The maximum absolute atomic E-state index is 11.3. The third kappa shape index (κ3) is 3.37. The highest BCUT2D eigenvalue weighted by atomic mass is 16.2. The van der Waals surface area contributed by atoms with E-state index in [9.17, 15) is 4.79 Å². The molecule has 11 heavy (non-hydrogen) atoms. The van der Waals surface area contributed by atoms with Crippen molar-refractivity contribution in [3.05, 3.63) is 0 Å². The average molecular weight is 158 g/mol. The van der Waals surface area contributed by atoms with Gasteiger partial charge in [-0.1, -0.05) is 6.92 Å². The van der Waals surface area contributed by atoms with E-state index in [0.29, 0.717) is 0 Å². The molecule has 1 unspecified atom stereocenters. The summed E-state index contributed by atoms with van der Waals surface area (Å²) in [6, 6.07) is 0. The van der Waals surface area contributed by atoms with Crippen molar-refractivity contribution < 1.29 is 4.79 Å². The molecule has 0 saturated heterocycles. The second-order valence-corrected chi connectivity index (χ2v) is 2.90. The minimum absolute atomic E-state index is 0.134. The molecule has 0 spiro atoms. The summed E-state index contributed by atoms with van der Waals surface area (Å²) in [5, 5.41) is 3.01. The fraction of sp³-hybridized carbons (Fsp3) is 0.875. The van der Waals surface area contributed by atoms with Gasteiger partial charge in [0.2, 0.25) is 5.91 Å². The number of rotatable bonds is 4. The van der Waals surface area contributed by atoms with Crippen molar-refractivity contribution in [2.75, 3.05) is 27.7 Å². The van der Waals surface area contributed by atoms with E-state index in [2.05, 4.69) is 5.32 Å². The summed E-state index contributed by atoms with van der Waals surface area (Å²) in [4.78, 5) is 13.0. The zero-order valence-corrected chi connectivity index (χ0v) is 7.85. The summed E-state index contributed by atoms with van der Waals surface area (Å²) in [6.07, 6.45) is 0.901. The van der Waals surface area contributed by atoms with Crippen LogP contribution >= 0.6 is 0 Å². The number of nitrogens with one attached hydrogen (secondary N) is 1. The molecule has 66 valence electrons. The second-order valence-electron chi connectivity index (χ2n) is 2.90. The standard InChI is InChI=1S/C8H18N2O/c1-5-7(6-9-2)8(11)10(3)4/h7,9H,5-6H2,1-4H3. The molecule has 0 heterocycles. The second kappa shape index (κ2) is 5.13. The SMILES string of the molecule is CCC(CNC)C(=O)N(C)C. The Hall–Kier alpha value is -0.570. The van der Waals surface area contributed by atoms with Gasteiger partial charge in [-0.25, -0.2) is 0 Å². The summed E-state index contributed by atoms with van der Waals surface area (Å²) >= 11 is 0. The quantitative estimate of drug-likeness (QED) is 0.639. The molecule has 0 aromatic rings. The van der Waals surface area contributed by atoms with E-state index < -0.39 is 0 Å². The molecule has 0 aliphatic carbocycles. The Morgan fingerprint density at radius 2 is 2.09 bits per heavy atom. The molecule has 1 atom stereocenters. The van der Waals surface area contributed by atoms with Gasteiger partial charge in [-0.15, -0.1) is 0 Å². The predicted octanol–water partition coefficient (Wildman–Crippen LogP) is 0.320. The van der Waals surface area contributed by atoms with Crippen molar-refractivity contribution >= 4 is 5.91 Å². The molecule has 1 amide bonds. The Morgan fingerprint density at radius 3 is 2.36 bits per heavy atom. The monoisotopic (exact) mass is 158 g/mol. The summed E-state index contributed by atoms with van der Waals surface area (Å²) in [5.74, 6) is 0.344. The lowest BCUT2D eigenvalue weighted by atomic mass is 10.1. The van der Waals surface area contributed by atoms with Gasteiger partial charge in [0.1, 0.15) is 0 Å². The fourth-order valence-electron chi connectivity index (χ4n) is 1.02. The maximum Gasteiger partial charge on any atom is 0.226 e. The Morgan fingerprint density at radius 1 is 1.55 bits per heavy atom. The van der Waals surface area contributed by atoms with Gasteiger partial charge >= 0.3 is 0 Å². The van der Waals surface area contributed by atoms with E-state index in [-0.39, 0.29) is 11.8 Å². The van der Waals surface area contributed by atoms with Crippen LogP contribution in [0, 0.1) is 5.92 Å². The van der Waals surface area contributed by atoms with Gasteiger partial charge < -0.3 is 10.2 Å². The molecule has 0 aromatic heterocycles. The van der Waals surface area contributed by atoms with Crippen LogP contribution in [0.4, 0.5) is 0 Å². The molecule has 0 rings (SSSR count). The van der Waals surface area contributed by atoms with Crippen LogP contribution in [0.15, 0.2) is 0 Å². The third-order valence-corrected chi connectivity index (χ3v) is 1.73. The van der Waals surface area contributed by atoms with Crippen molar-refractivity contribution in [2.45, 2.75) is 13.3 Å². The zero-order chi connectivity index (χ0) is 8.85. The van der Waals surface area contributed by atoms with E-state index in [1.165, 1.54) is 0 Å². The van der Waals surface area contributed by atoms with Crippen molar-refractivity contribution in [3.63, 3.8) is 0 Å². The summed E-state index contributed by atoms with van der Waals surface area (Å²) in [7, 11) is 5.45. The third-order valence-electron chi connectivity index (χ3n) is 1.73. The summed E-state index contributed by atoms with van der Waals surface area (Å²) in [5.41, 5.74) is 0.